The predicted molar refractivity (Wildman–Crippen MR) is 122 cm³/mol. The molecule has 0 amide bonds. The van der Waals surface area contributed by atoms with Crippen molar-refractivity contribution in [3.63, 3.8) is 0 Å². The van der Waals surface area contributed by atoms with E-state index in [1.165, 1.54) is 5.56 Å². The summed E-state index contributed by atoms with van der Waals surface area (Å²) in [6, 6.07) is 17.3. The van der Waals surface area contributed by atoms with Crippen LogP contribution in [0.2, 0.25) is 15.1 Å². The number of halogens is 3. The van der Waals surface area contributed by atoms with Crippen molar-refractivity contribution < 1.29 is 9.47 Å². The Morgan fingerprint density at radius 2 is 1.59 bits per heavy atom. The fraction of sp³-hybridized carbons (Fsp3) is 0.217. The Kier molecular flexibility index (Phi) is 7.54. The lowest BCUT2D eigenvalue weighted by molar-refractivity contribution is 0.269. The lowest BCUT2D eigenvalue weighted by atomic mass is 10.1. The zero-order chi connectivity index (χ0) is 20.8. The number of ether oxygens (including phenoxy) is 2. The van der Waals surface area contributed by atoms with Crippen LogP contribution in [-0.2, 0) is 13.2 Å². The Labute approximate surface area is 186 Å². The Balaban J connectivity index is 1.75. The van der Waals surface area contributed by atoms with E-state index in [1.807, 2.05) is 37.3 Å². The van der Waals surface area contributed by atoms with Crippen molar-refractivity contribution >= 4 is 40.5 Å². The second-order valence-electron chi connectivity index (χ2n) is 6.59. The summed E-state index contributed by atoms with van der Waals surface area (Å²) in [7, 11) is 0. The summed E-state index contributed by atoms with van der Waals surface area (Å²) in [6.45, 7) is 5.43. The first-order valence-corrected chi connectivity index (χ1v) is 10.4. The summed E-state index contributed by atoms with van der Waals surface area (Å²) in [5.41, 5.74) is 4.02. The van der Waals surface area contributed by atoms with E-state index in [0.717, 1.165) is 16.8 Å². The molecule has 0 aromatic heterocycles. The summed E-state index contributed by atoms with van der Waals surface area (Å²) in [5.74, 6) is 1.16. The van der Waals surface area contributed by atoms with Crippen molar-refractivity contribution in [2.75, 3.05) is 11.9 Å². The predicted octanol–water partition coefficient (Wildman–Crippen LogP) is 7.55. The molecule has 3 rings (SSSR count). The smallest absolute Gasteiger partial charge is 0.180 e. The van der Waals surface area contributed by atoms with Crippen LogP contribution in [0.5, 0.6) is 11.5 Å². The van der Waals surface area contributed by atoms with E-state index in [9.17, 15) is 0 Å². The lowest BCUT2D eigenvalue weighted by Gasteiger charge is -2.16. The average molecular weight is 451 g/mol. The van der Waals surface area contributed by atoms with Gasteiger partial charge in [-0.25, -0.2) is 0 Å². The molecule has 0 heterocycles. The van der Waals surface area contributed by atoms with E-state index in [0.29, 0.717) is 46.3 Å². The van der Waals surface area contributed by atoms with Crippen LogP contribution >= 0.6 is 34.8 Å². The van der Waals surface area contributed by atoms with Crippen molar-refractivity contribution in [1.82, 2.24) is 0 Å². The third-order valence-electron chi connectivity index (χ3n) is 4.29. The van der Waals surface area contributed by atoms with Crippen molar-refractivity contribution in [3.8, 4) is 11.5 Å². The average Bonchev–Trinajstić information content (AvgIpc) is 2.68. The van der Waals surface area contributed by atoms with Crippen LogP contribution in [-0.4, -0.2) is 6.61 Å². The molecule has 29 heavy (non-hydrogen) atoms. The van der Waals surface area contributed by atoms with Gasteiger partial charge in [0.15, 0.2) is 11.5 Å². The summed E-state index contributed by atoms with van der Waals surface area (Å²) in [4.78, 5) is 0. The SMILES string of the molecule is CCOc1cc(CNc2ccc(Cl)cc2Cl)cc(Cl)c1OCc1ccc(C)cc1. The third kappa shape index (κ3) is 5.96. The molecule has 0 radical (unpaired) electrons. The third-order valence-corrected chi connectivity index (χ3v) is 5.12. The van der Waals surface area contributed by atoms with Gasteiger partial charge in [0, 0.05) is 11.6 Å². The van der Waals surface area contributed by atoms with Crippen molar-refractivity contribution in [1.29, 1.82) is 0 Å². The van der Waals surface area contributed by atoms with Gasteiger partial charge >= 0.3 is 0 Å². The lowest BCUT2D eigenvalue weighted by Crippen LogP contribution is -2.04. The number of hydrogen-bond donors (Lipinski definition) is 1. The van der Waals surface area contributed by atoms with E-state index >= 15 is 0 Å². The Bertz CT molecular complexity index is 975. The molecule has 0 fully saturated rings. The maximum Gasteiger partial charge on any atom is 0.180 e. The number of rotatable bonds is 8. The molecule has 152 valence electrons. The van der Waals surface area contributed by atoms with E-state index in [4.69, 9.17) is 44.3 Å². The van der Waals surface area contributed by atoms with Crippen LogP contribution in [0.25, 0.3) is 0 Å². The normalized spacial score (nSPS) is 10.7. The van der Waals surface area contributed by atoms with E-state index in [-0.39, 0.29) is 0 Å². The first kappa shape index (κ1) is 21.6. The van der Waals surface area contributed by atoms with Gasteiger partial charge in [0.25, 0.3) is 0 Å². The topological polar surface area (TPSA) is 30.5 Å². The first-order chi connectivity index (χ1) is 14.0. The van der Waals surface area contributed by atoms with Crippen LogP contribution in [0.3, 0.4) is 0 Å². The van der Waals surface area contributed by atoms with E-state index in [1.54, 1.807) is 12.1 Å². The van der Waals surface area contributed by atoms with Crippen LogP contribution in [0.1, 0.15) is 23.6 Å². The number of aryl methyl sites for hydroxylation is 1. The maximum absolute atomic E-state index is 6.52. The second kappa shape index (κ2) is 10.1. The molecular formula is C23H22Cl3NO2. The standard InChI is InChI=1S/C23H22Cl3NO2/c1-3-28-22-11-17(13-27-21-9-8-18(24)12-19(21)25)10-20(26)23(22)29-14-16-6-4-15(2)5-7-16/h4-12,27H,3,13-14H2,1-2H3. The van der Waals surface area contributed by atoms with Gasteiger partial charge in [-0.05, 0) is 55.3 Å². The van der Waals surface area contributed by atoms with Crippen LogP contribution in [0.4, 0.5) is 5.69 Å². The highest BCUT2D eigenvalue weighted by atomic mass is 35.5. The van der Waals surface area contributed by atoms with Gasteiger partial charge in [0.2, 0.25) is 0 Å². The molecule has 0 saturated heterocycles. The molecule has 6 heteroatoms. The molecule has 0 aliphatic heterocycles. The molecule has 3 aromatic carbocycles. The number of anilines is 1. The first-order valence-electron chi connectivity index (χ1n) is 9.28. The minimum absolute atomic E-state index is 0.415. The van der Waals surface area contributed by atoms with E-state index in [2.05, 4.69) is 24.4 Å². The van der Waals surface area contributed by atoms with Gasteiger partial charge in [0.05, 0.1) is 22.3 Å². The molecule has 0 aliphatic rings. The van der Waals surface area contributed by atoms with E-state index < -0.39 is 0 Å². The van der Waals surface area contributed by atoms with Gasteiger partial charge in [0.1, 0.15) is 6.61 Å². The Hall–Kier alpha value is -2.07. The molecule has 0 unspecified atom stereocenters. The van der Waals surface area contributed by atoms with Crippen LogP contribution < -0.4 is 14.8 Å². The highest BCUT2D eigenvalue weighted by Crippen LogP contribution is 2.37. The van der Waals surface area contributed by atoms with Crippen LogP contribution in [0.15, 0.2) is 54.6 Å². The molecule has 1 N–H and O–H groups in total. The highest BCUT2D eigenvalue weighted by molar-refractivity contribution is 6.36. The fourth-order valence-electron chi connectivity index (χ4n) is 2.80. The van der Waals surface area contributed by atoms with Crippen molar-refractivity contribution in [3.05, 3.63) is 86.4 Å². The summed E-state index contributed by atoms with van der Waals surface area (Å²) < 4.78 is 11.8. The summed E-state index contributed by atoms with van der Waals surface area (Å²) in [6.07, 6.45) is 0. The zero-order valence-electron chi connectivity index (χ0n) is 16.3. The number of nitrogens with one attached hydrogen (secondary N) is 1. The molecule has 0 bridgehead atoms. The van der Waals surface area contributed by atoms with Crippen molar-refractivity contribution in [2.45, 2.75) is 27.0 Å². The summed E-state index contributed by atoms with van der Waals surface area (Å²) >= 11 is 18.7. The van der Waals surface area contributed by atoms with Gasteiger partial charge in [-0.1, -0.05) is 64.6 Å². The molecule has 3 nitrogen and oxygen atoms in total. The molecule has 3 aromatic rings. The largest absolute Gasteiger partial charge is 0.490 e. The van der Waals surface area contributed by atoms with Gasteiger partial charge in [-0.2, -0.15) is 0 Å². The second-order valence-corrected chi connectivity index (χ2v) is 7.84. The molecule has 0 spiro atoms. The van der Waals surface area contributed by atoms with Gasteiger partial charge in [-0.3, -0.25) is 0 Å². The minimum atomic E-state index is 0.415. The maximum atomic E-state index is 6.52. The molecule has 0 aliphatic carbocycles. The monoisotopic (exact) mass is 449 g/mol. The quantitative estimate of drug-likeness (QED) is 0.384. The van der Waals surface area contributed by atoms with Gasteiger partial charge < -0.3 is 14.8 Å². The molecular weight excluding hydrogens is 429 g/mol. The zero-order valence-corrected chi connectivity index (χ0v) is 18.5. The van der Waals surface area contributed by atoms with Crippen LogP contribution in [0, 0.1) is 6.92 Å². The number of benzene rings is 3. The molecule has 0 saturated carbocycles. The van der Waals surface area contributed by atoms with Crippen molar-refractivity contribution in [2.24, 2.45) is 0 Å². The minimum Gasteiger partial charge on any atom is -0.490 e. The Morgan fingerprint density at radius 1 is 0.828 bits per heavy atom. The summed E-state index contributed by atoms with van der Waals surface area (Å²) in [5, 5.41) is 4.95. The fourth-order valence-corrected chi connectivity index (χ4v) is 3.56. The number of hydrogen-bond acceptors (Lipinski definition) is 3. The Morgan fingerprint density at radius 3 is 2.28 bits per heavy atom. The molecule has 0 atom stereocenters. The van der Waals surface area contributed by atoms with Gasteiger partial charge in [-0.15, -0.1) is 0 Å². The highest BCUT2D eigenvalue weighted by Gasteiger charge is 2.13.